The van der Waals surface area contributed by atoms with Gasteiger partial charge in [-0.3, -0.25) is 4.79 Å². The van der Waals surface area contributed by atoms with Crippen LogP contribution in [0.15, 0.2) is 79.0 Å². The number of primary amides is 1. The van der Waals surface area contributed by atoms with E-state index in [4.69, 9.17) is 10.5 Å². The minimum Gasteiger partial charge on any atom is -0.490 e. The number of ether oxygens (including phenoxy) is 1. The van der Waals surface area contributed by atoms with Gasteiger partial charge >= 0.3 is 6.03 Å². The van der Waals surface area contributed by atoms with Crippen LogP contribution in [0.25, 0.3) is 10.9 Å². The summed E-state index contributed by atoms with van der Waals surface area (Å²) in [6.45, 7) is 0.916. The van der Waals surface area contributed by atoms with E-state index < -0.39 is 11.9 Å². The van der Waals surface area contributed by atoms with E-state index in [1.807, 2.05) is 65.7 Å². The molecule has 166 valence electrons. The fourth-order valence-corrected chi connectivity index (χ4v) is 4.14. The van der Waals surface area contributed by atoms with E-state index in [1.54, 1.807) is 18.2 Å². The molecule has 1 unspecified atom stereocenters. The summed E-state index contributed by atoms with van der Waals surface area (Å²) in [6, 6.07) is 21.3. The first-order chi connectivity index (χ1) is 16.1. The molecule has 5 rings (SSSR count). The molecule has 0 fully saturated rings. The van der Waals surface area contributed by atoms with Gasteiger partial charge in [-0.2, -0.15) is 0 Å². The minimum absolute atomic E-state index is 0.376. The molecular formula is C25H23N5O3. The van der Waals surface area contributed by atoms with Crippen molar-refractivity contribution in [1.82, 2.24) is 4.98 Å². The Hall–Kier alpha value is -4.46. The van der Waals surface area contributed by atoms with Gasteiger partial charge in [0.05, 0.1) is 12.2 Å². The number of urea groups is 1. The lowest BCUT2D eigenvalue weighted by molar-refractivity contribution is -0.119. The topological polar surface area (TPSA) is 112 Å². The second-order valence-corrected chi connectivity index (χ2v) is 7.80. The Kier molecular flexibility index (Phi) is 5.32. The van der Waals surface area contributed by atoms with E-state index >= 15 is 0 Å². The lowest BCUT2D eigenvalue weighted by Gasteiger charge is -2.36. The Morgan fingerprint density at radius 3 is 2.52 bits per heavy atom. The number of amides is 3. The zero-order chi connectivity index (χ0) is 22.8. The monoisotopic (exact) mass is 441 g/mol. The van der Waals surface area contributed by atoms with Crippen LogP contribution in [0.2, 0.25) is 0 Å². The molecule has 0 aliphatic carbocycles. The highest BCUT2D eigenvalue weighted by Crippen LogP contribution is 2.39. The van der Waals surface area contributed by atoms with E-state index in [2.05, 4.69) is 15.6 Å². The molecule has 5 N–H and O–H groups in total. The lowest BCUT2D eigenvalue weighted by Crippen LogP contribution is -2.42. The highest BCUT2D eigenvalue weighted by atomic mass is 16.5. The van der Waals surface area contributed by atoms with E-state index in [0.717, 1.165) is 16.5 Å². The van der Waals surface area contributed by atoms with E-state index in [0.29, 0.717) is 36.0 Å². The molecule has 4 aromatic rings. The number of nitrogens with two attached hydrogens (primary N) is 1. The SMILES string of the molecule is NC(=O)C(c1ccccc1)N1CCOc2ccc(NC(=O)Nc3ccc4cc[nH]c4c3)cc21. The molecule has 2 heterocycles. The number of aromatic nitrogens is 1. The quantitative estimate of drug-likeness (QED) is 0.371. The summed E-state index contributed by atoms with van der Waals surface area (Å²) in [6.07, 6.45) is 1.85. The molecule has 3 aromatic carbocycles. The third-order valence-corrected chi connectivity index (χ3v) is 5.63. The highest BCUT2D eigenvalue weighted by molar-refractivity contribution is 6.01. The molecule has 1 aliphatic rings. The van der Waals surface area contributed by atoms with Crippen molar-refractivity contribution in [3.8, 4) is 5.75 Å². The summed E-state index contributed by atoms with van der Waals surface area (Å²) in [5, 5.41) is 6.76. The maximum atomic E-state index is 12.6. The second-order valence-electron chi connectivity index (χ2n) is 7.80. The fraction of sp³-hybridized carbons (Fsp3) is 0.120. The van der Waals surface area contributed by atoms with Gasteiger partial charge in [0.15, 0.2) is 0 Å². The summed E-state index contributed by atoms with van der Waals surface area (Å²) in [5.41, 5.74) is 9.46. The molecule has 0 saturated heterocycles. The van der Waals surface area contributed by atoms with Crippen LogP contribution < -0.4 is 26.0 Å². The maximum absolute atomic E-state index is 12.6. The molecule has 0 spiro atoms. The standard InChI is InChI=1S/C25H23N5O3/c26-24(31)23(17-4-2-1-3-5-17)30-12-13-33-22-9-8-19(15-21(22)30)29-25(32)28-18-7-6-16-10-11-27-20(16)14-18/h1-11,14-15,23,27H,12-13H2,(H2,26,31)(H2,28,29,32). The van der Waals surface area contributed by atoms with Crippen LogP contribution in [0.3, 0.4) is 0 Å². The number of carbonyl (C=O) groups excluding carboxylic acids is 2. The van der Waals surface area contributed by atoms with Gasteiger partial charge in [-0.15, -0.1) is 0 Å². The molecule has 0 bridgehead atoms. The van der Waals surface area contributed by atoms with Crippen LogP contribution in [0, 0.1) is 0 Å². The maximum Gasteiger partial charge on any atom is 0.323 e. The number of nitrogens with zero attached hydrogens (tertiary/aromatic N) is 1. The minimum atomic E-state index is -0.648. The summed E-state index contributed by atoms with van der Waals surface area (Å²) in [7, 11) is 0. The Labute approximate surface area is 190 Å². The highest BCUT2D eigenvalue weighted by Gasteiger charge is 2.30. The van der Waals surface area contributed by atoms with Crippen molar-refractivity contribution in [2.75, 3.05) is 28.7 Å². The van der Waals surface area contributed by atoms with Crippen molar-refractivity contribution in [1.29, 1.82) is 0 Å². The van der Waals surface area contributed by atoms with E-state index in [9.17, 15) is 9.59 Å². The Bertz CT molecular complexity index is 1320. The largest absolute Gasteiger partial charge is 0.490 e. The molecule has 3 amide bonds. The van der Waals surface area contributed by atoms with Crippen LogP contribution in [0.1, 0.15) is 11.6 Å². The Morgan fingerprint density at radius 2 is 1.73 bits per heavy atom. The van der Waals surface area contributed by atoms with Gasteiger partial charge in [0.1, 0.15) is 18.4 Å². The van der Waals surface area contributed by atoms with Crippen molar-refractivity contribution < 1.29 is 14.3 Å². The van der Waals surface area contributed by atoms with Crippen LogP contribution in [-0.4, -0.2) is 30.1 Å². The lowest BCUT2D eigenvalue weighted by atomic mass is 10.0. The summed E-state index contributed by atoms with van der Waals surface area (Å²) in [4.78, 5) is 30.1. The number of anilines is 3. The van der Waals surface area contributed by atoms with Gasteiger partial charge in [-0.05, 0) is 47.3 Å². The molecule has 1 aliphatic heterocycles. The number of carbonyl (C=O) groups is 2. The smallest absolute Gasteiger partial charge is 0.323 e. The zero-order valence-corrected chi connectivity index (χ0v) is 17.7. The first-order valence-corrected chi connectivity index (χ1v) is 10.6. The van der Waals surface area contributed by atoms with Crippen LogP contribution in [-0.2, 0) is 4.79 Å². The predicted molar refractivity (Wildman–Crippen MR) is 129 cm³/mol. The number of nitrogens with one attached hydrogen (secondary N) is 3. The number of fused-ring (bicyclic) bond motifs is 2. The van der Waals surface area contributed by atoms with Gasteiger partial charge in [-0.25, -0.2) is 4.79 Å². The normalized spacial score (nSPS) is 13.6. The Balaban J connectivity index is 1.38. The van der Waals surface area contributed by atoms with Crippen molar-refractivity contribution in [3.63, 3.8) is 0 Å². The van der Waals surface area contributed by atoms with Gasteiger partial charge in [0.2, 0.25) is 5.91 Å². The average molecular weight is 441 g/mol. The van der Waals surface area contributed by atoms with Gasteiger partial charge in [0, 0.05) is 23.1 Å². The predicted octanol–water partition coefficient (Wildman–Crippen LogP) is 4.24. The Morgan fingerprint density at radius 1 is 0.970 bits per heavy atom. The second kappa shape index (κ2) is 8.58. The van der Waals surface area contributed by atoms with Gasteiger partial charge in [0.25, 0.3) is 0 Å². The fourth-order valence-electron chi connectivity index (χ4n) is 4.14. The number of aromatic amines is 1. The molecule has 1 atom stereocenters. The first kappa shape index (κ1) is 20.4. The number of hydrogen-bond donors (Lipinski definition) is 4. The van der Waals surface area contributed by atoms with E-state index in [-0.39, 0.29) is 6.03 Å². The van der Waals surface area contributed by atoms with Crippen molar-refractivity contribution in [2.45, 2.75) is 6.04 Å². The van der Waals surface area contributed by atoms with Crippen molar-refractivity contribution >= 4 is 39.9 Å². The number of hydrogen-bond acceptors (Lipinski definition) is 4. The molecule has 8 nitrogen and oxygen atoms in total. The van der Waals surface area contributed by atoms with Gasteiger partial charge in [-0.1, -0.05) is 36.4 Å². The van der Waals surface area contributed by atoms with Crippen molar-refractivity contribution in [2.24, 2.45) is 5.73 Å². The van der Waals surface area contributed by atoms with Crippen LogP contribution >= 0.6 is 0 Å². The zero-order valence-electron chi connectivity index (χ0n) is 17.7. The summed E-state index contributed by atoms with van der Waals surface area (Å²) < 4.78 is 5.78. The number of rotatable bonds is 5. The van der Waals surface area contributed by atoms with E-state index in [1.165, 1.54) is 0 Å². The molecule has 1 aromatic heterocycles. The molecule has 0 saturated carbocycles. The third-order valence-electron chi connectivity index (χ3n) is 5.63. The molecule has 8 heteroatoms. The van der Waals surface area contributed by atoms with Crippen LogP contribution in [0.5, 0.6) is 5.75 Å². The summed E-state index contributed by atoms with van der Waals surface area (Å²) >= 11 is 0. The number of benzene rings is 3. The molecular weight excluding hydrogens is 418 g/mol. The first-order valence-electron chi connectivity index (χ1n) is 10.6. The van der Waals surface area contributed by atoms with Gasteiger partial charge < -0.3 is 31.0 Å². The van der Waals surface area contributed by atoms with Crippen LogP contribution in [0.4, 0.5) is 21.9 Å². The molecule has 0 radical (unpaired) electrons. The molecule has 33 heavy (non-hydrogen) atoms. The van der Waals surface area contributed by atoms with Crippen molar-refractivity contribution in [3.05, 3.63) is 84.6 Å². The summed E-state index contributed by atoms with van der Waals surface area (Å²) in [5.74, 6) is 0.177. The number of H-pyrrole nitrogens is 1. The third kappa shape index (κ3) is 4.18. The average Bonchev–Trinajstić information content (AvgIpc) is 3.28.